The molecule has 6 heteroatoms. The van der Waals surface area contributed by atoms with Gasteiger partial charge in [0.2, 0.25) is 0 Å². The van der Waals surface area contributed by atoms with Crippen LogP contribution in [0.2, 0.25) is 0 Å². The molecule has 0 N–H and O–H groups in total. The van der Waals surface area contributed by atoms with Crippen molar-refractivity contribution in [3.8, 4) is 0 Å². The van der Waals surface area contributed by atoms with E-state index in [2.05, 4.69) is 0 Å². The Morgan fingerprint density at radius 3 is 2.71 bits per heavy atom. The number of thiophene rings is 1. The lowest BCUT2D eigenvalue weighted by atomic mass is 9.91. The van der Waals surface area contributed by atoms with Gasteiger partial charge in [0.1, 0.15) is 0 Å². The molecule has 1 aliphatic carbocycles. The van der Waals surface area contributed by atoms with Gasteiger partial charge >= 0.3 is 5.69 Å². The highest BCUT2D eigenvalue weighted by molar-refractivity contribution is 7.10. The van der Waals surface area contributed by atoms with E-state index in [-0.39, 0.29) is 17.0 Å². The van der Waals surface area contributed by atoms with E-state index in [1.807, 2.05) is 11.4 Å². The van der Waals surface area contributed by atoms with Crippen LogP contribution in [0.15, 0.2) is 32.8 Å². The molecule has 2 heterocycles. The number of allylic oxidation sites excluding steroid dienone is 1. The van der Waals surface area contributed by atoms with Crippen LogP contribution in [0.4, 0.5) is 0 Å². The van der Waals surface area contributed by atoms with Crippen LogP contribution in [0.3, 0.4) is 0 Å². The van der Waals surface area contributed by atoms with E-state index in [0.29, 0.717) is 17.6 Å². The Balaban J connectivity index is 2.11. The largest absolute Gasteiger partial charge is 0.330 e. The van der Waals surface area contributed by atoms with Crippen LogP contribution in [-0.2, 0) is 20.5 Å². The first-order chi connectivity index (χ1) is 9.99. The third-order valence-electron chi connectivity index (χ3n) is 3.71. The minimum absolute atomic E-state index is 0.0200. The summed E-state index contributed by atoms with van der Waals surface area (Å²) < 4.78 is 2.40. The van der Waals surface area contributed by atoms with Gasteiger partial charge in [-0.15, -0.1) is 11.3 Å². The molecular formula is C15H14N2O3S. The van der Waals surface area contributed by atoms with Crippen molar-refractivity contribution in [2.24, 2.45) is 14.1 Å². The summed E-state index contributed by atoms with van der Waals surface area (Å²) >= 11 is 1.59. The maximum Gasteiger partial charge on any atom is 0.330 e. The standard InChI is InChI=1S/C15H14N2O3S/c1-16-8-10(14(19)17(2)15(16)20)7-9-3-4-12-11(13(9)18)5-6-21-12/h5-8H,3-4H2,1-2H3/b9-7+. The van der Waals surface area contributed by atoms with Gasteiger partial charge in [0.15, 0.2) is 5.78 Å². The van der Waals surface area contributed by atoms with Crippen molar-refractivity contribution in [2.75, 3.05) is 0 Å². The van der Waals surface area contributed by atoms with E-state index >= 15 is 0 Å². The van der Waals surface area contributed by atoms with Gasteiger partial charge in [0, 0.05) is 36.3 Å². The summed E-state index contributed by atoms with van der Waals surface area (Å²) in [6, 6.07) is 1.83. The number of hydrogen-bond acceptors (Lipinski definition) is 4. The molecule has 0 aromatic carbocycles. The average molecular weight is 302 g/mol. The number of hydrogen-bond donors (Lipinski definition) is 0. The van der Waals surface area contributed by atoms with Gasteiger partial charge in [-0.2, -0.15) is 0 Å². The van der Waals surface area contributed by atoms with Crippen LogP contribution in [0.25, 0.3) is 6.08 Å². The molecule has 0 unspecified atom stereocenters. The maximum absolute atomic E-state index is 12.4. The van der Waals surface area contributed by atoms with Crippen LogP contribution in [0, 0.1) is 0 Å². The van der Waals surface area contributed by atoms with Gasteiger partial charge in [-0.05, 0) is 30.4 Å². The number of nitrogens with zero attached hydrogens (tertiary/aromatic N) is 2. The molecule has 3 rings (SSSR count). The van der Waals surface area contributed by atoms with E-state index in [4.69, 9.17) is 0 Å². The third-order valence-corrected chi connectivity index (χ3v) is 4.69. The second-order valence-corrected chi connectivity index (χ2v) is 6.10. The van der Waals surface area contributed by atoms with Crippen molar-refractivity contribution in [1.29, 1.82) is 0 Å². The fourth-order valence-corrected chi connectivity index (χ4v) is 3.41. The van der Waals surface area contributed by atoms with Crippen molar-refractivity contribution in [3.05, 3.63) is 60.1 Å². The first-order valence-electron chi connectivity index (χ1n) is 6.57. The number of fused-ring (bicyclic) bond motifs is 1. The Labute approximate surface area is 124 Å². The van der Waals surface area contributed by atoms with E-state index < -0.39 is 0 Å². The molecule has 1 aliphatic rings. The summed E-state index contributed by atoms with van der Waals surface area (Å²) in [5.74, 6) is -0.0200. The highest BCUT2D eigenvalue weighted by Gasteiger charge is 2.23. The molecule has 2 aromatic heterocycles. The lowest BCUT2D eigenvalue weighted by Gasteiger charge is -2.13. The fraction of sp³-hybridized carbons (Fsp3) is 0.267. The molecular weight excluding hydrogens is 288 g/mol. The zero-order chi connectivity index (χ0) is 15.1. The predicted octanol–water partition coefficient (Wildman–Crippen LogP) is 1.36. The van der Waals surface area contributed by atoms with Crippen LogP contribution >= 0.6 is 11.3 Å². The fourth-order valence-electron chi connectivity index (χ4n) is 2.53. The average Bonchev–Trinajstić information content (AvgIpc) is 2.94. The lowest BCUT2D eigenvalue weighted by Crippen LogP contribution is -2.37. The SMILES string of the molecule is Cn1cc(/C=C2\CCc3sccc3C2=O)c(=O)n(C)c1=O. The van der Waals surface area contributed by atoms with Gasteiger partial charge in [-0.1, -0.05) is 0 Å². The summed E-state index contributed by atoms with van der Waals surface area (Å²) in [5, 5.41) is 1.91. The number of aryl methyl sites for hydroxylation is 2. The Morgan fingerprint density at radius 1 is 1.19 bits per heavy atom. The molecule has 0 atom stereocenters. The van der Waals surface area contributed by atoms with Crippen molar-refractivity contribution in [3.63, 3.8) is 0 Å². The van der Waals surface area contributed by atoms with Crippen LogP contribution < -0.4 is 11.2 Å². The van der Waals surface area contributed by atoms with Crippen LogP contribution in [-0.4, -0.2) is 14.9 Å². The first kappa shape index (κ1) is 13.8. The second-order valence-electron chi connectivity index (χ2n) is 5.10. The molecule has 0 aliphatic heterocycles. The molecule has 0 spiro atoms. The summed E-state index contributed by atoms with van der Waals surface area (Å²) in [7, 11) is 3.02. The topological polar surface area (TPSA) is 61.1 Å². The highest BCUT2D eigenvalue weighted by atomic mass is 32.1. The number of rotatable bonds is 1. The first-order valence-corrected chi connectivity index (χ1v) is 7.45. The number of carbonyl (C=O) groups excluding carboxylic acids is 1. The van der Waals surface area contributed by atoms with E-state index in [1.54, 1.807) is 24.5 Å². The minimum atomic E-state index is -0.380. The van der Waals surface area contributed by atoms with Gasteiger partial charge in [-0.3, -0.25) is 14.2 Å². The van der Waals surface area contributed by atoms with Crippen LogP contribution in [0.5, 0.6) is 0 Å². The quantitative estimate of drug-likeness (QED) is 0.747. The molecule has 0 radical (unpaired) electrons. The smallest absolute Gasteiger partial charge is 0.303 e. The molecule has 0 fully saturated rings. The summed E-state index contributed by atoms with van der Waals surface area (Å²) in [6.45, 7) is 0. The zero-order valence-electron chi connectivity index (χ0n) is 11.8. The van der Waals surface area contributed by atoms with Crippen molar-refractivity contribution < 1.29 is 4.79 Å². The van der Waals surface area contributed by atoms with Gasteiger partial charge in [0.05, 0.1) is 5.56 Å². The minimum Gasteiger partial charge on any atom is -0.303 e. The summed E-state index contributed by atoms with van der Waals surface area (Å²) in [4.78, 5) is 37.3. The second kappa shape index (κ2) is 4.96. The van der Waals surface area contributed by atoms with Crippen molar-refractivity contribution >= 4 is 23.2 Å². The van der Waals surface area contributed by atoms with E-state index in [1.165, 1.54) is 17.8 Å². The molecule has 0 saturated carbocycles. The van der Waals surface area contributed by atoms with Gasteiger partial charge in [-0.25, -0.2) is 4.79 Å². The molecule has 21 heavy (non-hydrogen) atoms. The third kappa shape index (κ3) is 2.21. The Bertz CT molecular complexity index is 883. The Kier molecular flexibility index (Phi) is 3.25. The molecule has 0 amide bonds. The number of Topliss-reactive ketones (excluding diaryl/α,β-unsaturated/α-hetero) is 1. The number of ketones is 1. The van der Waals surface area contributed by atoms with E-state index in [9.17, 15) is 14.4 Å². The normalized spacial score (nSPS) is 16.3. The van der Waals surface area contributed by atoms with E-state index in [0.717, 1.165) is 21.4 Å². The lowest BCUT2D eigenvalue weighted by molar-refractivity contribution is 0.102. The Hall–Kier alpha value is -2.21. The molecule has 108 valence electrons. The van der Waals surface area contributed by atoms with Gasteiger partial charge < -0.3 is 4.57 Å². The number of carbonyl (C=O) groups is 1. The summed E-state index contributed by atoms with van der Waals surface area (Å²) in [6.07, 6.45) is 4.54. The molecule has 5 nitrogen and oxygen atoms in total. The molecule has 2 aromatic rings. The zero-order valence-corrected chi connectivity index (χ0v) is 12.6. The monoisotopic (exact) mass is 302 g/mol. The van der Waals surface area contributed by atoms with Crippen molar-refractivity contribution in [2.45, 2.75) is 12.8 Å². The summed E-state index contributed by atoms with van der Waals surface area (Å²) in [5.41, 5.74) is 0.962. The maximum atomic E-state index is 12.4. The predicted molar refractivity (Wildman–Crippen MR) is 81.9 cm³/mol. The van der Waals surface area contributed by atoms with Crippen molar-refractivity contribution in [1.82, 2.24) is 9.13 Å². The molecule has 0 saturated heterocycles. The number of aromatic nitrogens is 2. The van der Waals surface area contributed by atoms with Gasteiger partial charge in [0.25, 0.3) is 5.56 Å². The Morgan fingerprint density at radius 2 is 1.95 bits per heavy atom. The molecule has 0 bridgehead atoms. The van der Waals surface area contributed by atoms with Crippen LogP contribution in [0.1, 0.15) is 27.2 Å². The highest BCUT2D eigenvalue weighted by Crippen LogP contribution is 2.29.